The van der Waals surface area contributed by atoms with Gasteiger partial charge in [0.25, 0.3) is 5.91 Å². The van der Waals surface area contributed by atoms with Crippen LogP contribution >= 0.6 is 28.1 Å². The molecule has 0 aliphatic rings. The summed E-state index contributed by atoms with van der Waals surface area (Å²) >= 11 is 8.56. The second-order valence-electron chi connectivity index (χ2n) is 6.53. The van der Waals surface area contributed by atoms with Crippen LogP contribution in [0, 0.1) is 0 Å². The third kappa shape index (κ3) is 6.23. The maximum atomic E-state index is 12.4. The summed E-state index contributed by atoms with van der Waals surface area (Å²) in [6.07, 6.45) is 0.0156. The lowest BCUT2D eigenvalue weighted by atomic mass is 10.2. The molecule has 0 saturated carbocycles. The van der Waals surface area contributed by atoms with Gasteiger partial charge in [0.2, 0.25) is 10.0 Å². The van der Waals surface area contributed by atoms with Crippen LogP contribution in [0.25, 0.3) is 0 Å². The van der Waals surface area contributed by atoms with E-state index in [1.165, 1.54) is 26.2 Å². The molecule has 0 atom stereocenters. The predicted octanol–water partition coefficient (Wildman–Crippen LogP) is 3.61. The van der Waals surface area contributed by atoms with Gasteiger partial charge in [-0.2, -0.15) is 0 Å². The Bertz CT molecular complexity index is 1010. The zero-order valence-electron chi connectivity index (χ0n) is 16.4. The lowest BCUT2D eigenvalue weighted by molar-refractivity contribution is 0.0977. The number of sulfonamides is 1. The molecule has 2 aromatic carbocycles. The van der Waals surface area contributed by atoms with Gasteiger partial charge in [0, 0.05) is 25.3 Å². The standard InChI is InChI=1S/C19H22BrN3O4S2/c1-12(2)27-17-10-5-13(11-16(17)20)18(24)22-19(28)21-14-6-8-15(9-7-14)29(25,26)23(3)4/h5-12H,1-4H3,(H2,21,22,24,28). The SMILES string of the molecule is CC(C)Oc1ccc(C(=O)NC(=S)Nc2ccc(S(=O)(=O)N(C)C)cc2)cc1Br. The average Bonchev–Trinajstić information content (AvgIpc) is 2.63. The van der Waals surface area contributed by atoms with Crippen molar-refractivity contribution < 1.29 is 17.9 Å². The van der Waals surface area contributed by atoms with Crippen molar-refractivity contribution in [1.29, 1.82) is 0 Å². The first-order valence-corrected chi connectivity index (χ1v) is 11.3. The number of nitrogens with one attached hydrogen (secondary N) is 2. The summed E-state index contributed by atoms with van der Waals surface area (Å²) in [5.41, 5.74) is 0.958. The number of thiocarbonyl (C=S) groups is 1. The minimum Gasteiger partial charge on any atom is -0.490 e. The summed E-state index contributed by atoms with van der Waals surface area (Å²) in [6, 6.07) is 11.1. The molecule has 0 heterocycles. The fourth-order valence-electron chi connectivity index (χ4n) is 2.25. The maximum Gasteiger partial charge on any atom is 0.257 e. The molecular formula is C19H22BrN3O4S2. The summed E-state index contributed by atoms with van der Waals surface area (Å²) in [7, 11) is -0.576. The molecule has 0 saturated heterocycles. The Morgan fingerprint density at radius 2 is 1.76 bits per heavy atom. The van der Waals surface area contributed by atoms with E-state index in [4.69, 9.17) is 17.0 Å². The van der Waals surface area contributed by atoms with E-state index in [-0.39, 0.29) is 22.0 Å². The third-order valence-corrected chi connectivity index (χ3v) is 6.33. The van der Waals surface area contributed by atoms with Gasteiger partial charge in [0.15, 0.2) is 5.11 Å². The molecule has 0 aliphatic heterocycles. The highest BCUT2D eigenvalue weighted by atomic mass is 79.9. The number of carbonyl (C=O) groups is 1. The lowest BCUT2D eigenvalue weighted by Crippen LogP contribution is -2.34. The monoisotopic (exact) mass is 499 g/mol. The van der Waals surface area contributed by atoms with E-state index >= 15 is 0 Å². The molecule has 0 spiro atoms. The quantitative estimate of drug-likeness (QED) is 0.590. The van der Waals surface area contributed by atoms with E-state index in [0.717, 1.165) is 4.31 Å². The second kappa shape index (κ2) is 9.66. The summed E-state index contributed by atoms with van der Waals surface area (Å²) in [4.78, 5) is 12.6. The zero-order valence-corrected chi connectivity index (χ0v) is 19.6. The van der Waals surface area contributed by atoms with E-state index < -0.39 is 10.0 Å². The number of halogens is 1. The molecule has 2 aromatic rings. The zero-order chi connectivity index (χ0) is 21.8. The van der Waals surface area contributed by atoms with Gasteiger partial charge < -0.3 is 10.1 Å². The summed E-state index contributed by atoms with van der Waals surface area (Å²) in [6.45, 7) is 3.83. The molecule has 0 bridgehead atoms. The van der Waals surface area contributed by atoms with Crippen molar-refractivity contribution in [3.63, 3.8) is 0 Å². The molecule has 2 N–H and O–H groups in total. The maximum absolute atomic E-state index is 12.4. The largest absolute Gasteiger partial charge is 0.490 e. The smallest absolute Gasteiger partial charge is 0.257 e. The van der Waals surface area contributed by atoms with Crippen LogP contribution in [-0.2, 0) is 10.0 Å². The van der Waals surface area contributed by atoms with Gasteiger partial charge in [-0.1, -0.05) is 0 Å². The van der Waals surface area contributed by atoms with Gasteiger partial charge >= 0.3 is 0 Å². The van der Waals surface area contributed by atoms with E-state index in [0.29, 0.717) is 21.5 Å². The highest BCUT2D eigenvalue weighted by molar-refractivity contribution is 9.10. The molecule has 10 heteroatoms. The van der Waals surface area contributed by atoms with E-state index in [2.05, 4.69) is 26.6 Å². The van der Waals surface area contributed by atoms with Crippen molar-refractivity contribution in [2.24, 2.45) is 0 Å². The minimum absolute atomic E-state index is 0.0156. The van der Waals surface area contributed by atoms with E-state index in [1.807, 2.05) is 13.8 Å². The second-order valence-corrected chi connectivity index (χ2v) is 9.95. The fraction of sp³-hybridized carbons (Fsp3) is 0.263. The molecule has 0 aromatic heterocycles. The van der Waals surface area contributed by atoms with Gasteiger partial charge in [-0.25, -0.2) is 12.7 Å². The van der Waals surface area contributed by atoms with Crippen molar-refractivity contribution >= 4 is 54.9 Å². The van der Waals surface area contributed by atoms with E-state index in [1.54, 1.807) is 30.3 Å². The molecule has 0 fully saturated rings. The molecule has 29 heavy (non-hydrogen) atoms. The minimum atomic E-state index is -3.50. The predicted molar refractivity (Wildman–Crippen MR) is 121 cm³/mol. The van der Waals surface area contributed by atoms with Crippen molar-refractivity contribution in [2.75, 3.05) is 19.4 Å². The van der Waals surface area contributed by atoms with Crippen LogP contribution in [-0.4, -0.2) is 43.9 Å². The Labute approximate surface area is 184 Å². The first-order valence-electron chi connectivity index (χ1n) is 8.62. The Morgan fingerprint density at radius 3 is 2.28 bits per heavy atom. The van der Waals surface area contributed by atoms with Gasteiger partial charge in [0.1, 0.15) is 5.75 Å². The highest BCUT2D eigenvalue weighted by Crippen LogP contribution is 2.27. The highest BCUT2D eigenvalue weighted by Gasteiger charge is 2.17. The number of carbonyl (C=O) groups excluding carboxylic acids is 1. The molecule has 0 aliphatic carbocycles. The Morgan fingerprint density at radius 1 is 1.14 bits per heavy atom. The summed E-state index contributed by atoms with van der Waals surface area (Å²) in [5, 5.41) is 5.54. The number of anilines is 1. The van der Waals surface area contributed by atoms with Crippen molar-refractivity contribution in [2.45, 2.75) is 24.8 Å². The van der Waals surface area contributed by atoms with Crippen LogP contribution in [0.2, 0.25) is 0 Å². The molecule has 7 nitrogen and oxygen atoms in total. The number of hydrogen-bond donors (Lipinski definition) is 2. The molecule has 2 rings (SSSR count). The van der Waals surface area contributed by atoms with Crippen LogP contribution < -0.4 is 15.4 Å². The molecule has 0 unspecified atom stereocenters. The summed E-state index contributed by atoms with van der Waals surface area (Å²) < 4.78 is 31.6. The van der Waals surface area contributed by atoms with Crippen LogP contribution in [0.3, 0.4) is 0 Å². The number of benzene rings is 2. The van der Waals surface area contributed by atoms with Crippen LogP contribution in [0.5, 0.6) is 5.75 Å². The van der Waals surface area contributed by atoms with E-state index in [9.17, 15) is 13.2 Å². The average molecular weight is 500 g/mol. The fourth-order valence-corrected chi connectivity index (χ4v) is 3.83. The Hall–Kier alpha value is -2.01. The number of ether oxygens (including phenoxy) is 1. The lowest BCUT2D eigenvalue weighted by Gasteiger charge is -2.14. The van der Waals surface area contributed by atoms with Crippen molar-refractivity contribution in [3.05, 3.63) is 52.5 Å². The number of amides is 1. The van der Waals surface area contributed by atoms with Crippen molar-refractivity contribution in [1.82, 2.24) is 9.62 Å². The molecule has 0 radical (unpaired) electrons. The van der Waals surface area contributed by atoms with Crippen LogP contribution in [0.15, 0.2) is 51.8 Å². The number of hydrogen-bond acceptors (Lipinski definition) is 5. The third-order valence-electron chi connectivity index (χ3n) is 3.67. The number of rotatable bonds is 6. The topological polar surface area (TPSA) is 87.7 Å². The normalized spacial score (nSPS) is 11.4. The van der Waals surface area contributed by atoms with Gasteiger partial charge in [0.05, 0.1) is 15.5 Å². The molecule has 1 amide bonds. The summed E-state index contributed by atoms with van der Waals surface area (Å²) in [5.74, 6) is 0.260. The molecular weight excluding hydrogens is 478 g/mol. The van der Waals surface area contributed by atoms with Crippen LogP contribution in [0.1, 0.15) is 24.2 Å². The Balaban J connectivity index is 2.02. The van der Waals surface area contributed by atoms with Crippen LogP contribution in [0.4, 0.5) is 5.69 Å². The Kier molecular flexibility index (Phi) is 7.75. The number of nitrogens with zero attached hydrogens (tertiary/aromatic N) is 1. The van der Waals surface area contributed by atoms with Gasteiger partial charge in [-0.3, -0.25) is 10.1 Å². The van der Waals surface area contributed by atoms with Gasteiger partial charge in [-0.15, -0.1) is 0 Å². The van der Waals surface area contributed by atoms with Crippen molar-refractivity contribution in [3.8, 4) is 5.75 Å². The first kappa shape index (κ1) is 23.3. The van der Waals surface area contributed by atoms with Gasteiger partial charge in [-0.05, 0) is 84.5 Å². The molecule has 156 valence electrons. The first-order chi connectivity index (χ1) is 13.5.